The second-order valence-corrected chi connectivity index (χ2v) is 5.05. The van der Waals surface area contributed by atoms with Crippen LogP contribution in [0.25, 0.3) is 0 Å². The van der Waals surface area contributed by atoms with Crippen LogP contribution in [0, 0.1) is 5.92 Å². The fraction of sp³-hybridized carbons (Fsp3) is 0.467. The fourth-order valence-corrected chi connectivity index (χ4v) is 2.08. The van der Waals surface area contributed by atoms with Gasteiger partial charge in [-0.1, -0.05) is 12.1 Å². The third kappa shape index (κ3) is 3.36. The van der Waals surface area contributed by atoms with Crippen LogP contribution in [-0.2, 0) is 4.79 Å². The molecule has 0 aliphatic heterocycles. The lowest BCUT2D eigenvalue weighted by Crippen LogP contribution is -2.33. The van der Waals surface area contributed by atoms with E-state index >= 15 is 0 Å². The zero-order valence-electron chi connectivity index (χ0n) is 12.0. The van der Waals surface area contributed by atoms with Gasteiger partial charge in [0.2, 0.25) is 5.91 Å². The minimum absolute atomic E-state index is 0.0977. The molecule has 2 amide bonds. The fourth-order valence-electron chi connectivity index (χ4n) is 2.08. The number of amides is 2. The molecular formula is C15H21N3O2. The van der Waals surface area contributed by atoms with Gasteiger partial charge in [-0.15, -0.1) is 0 Å². The third-order valence-electron chi connectivity index (χ3n) is 3.43. The first-order chi connectivity index (χ1) is 9.65. The van der Waals surface area contributed by atoms with Gasteiger partial charge in [0.25, 0.3) is 5.91 Å². The van der Waals surface area contributed by atoms with Gasteiger partial charge in [0.1, 0.15) is 0 Å². The summed E-state index contributed by atoms with van der Waals surface area (Å²) in [4.78, 5) is 25.9. The molecule has 0 radical (unpaired) electrons. The van der Waals surface area contributed by atoms with Crippen LogP contribution in [-0.4, -0.2) is 39.0 Å². The van der Waals surface area contributed by atoms with Crippen molar-refractivity contribution in [1.82, 2.24) is 10.6 Å². The SMILES string of the molecule is CNCCNC(=O)c1ccccc1N(C)C(=O)C1CC1. The number of likely N-dealkylation sites (N-methyl/N-ethyl adjacent to an activating group) is 1. The van der Waals surface area contributed by atoms with E-state index < -0.39 is 0 Å². The Labute approximate surface area is 119 Å². The Morgan fingerprint density at radius 1 is 1.25 bits per heavy atom. The summed E-state index contributed by atoms with van der Waals surface area (Å²) in [7, 11) is 3.57. The summed E-state index contributed by atoms with van der Waals surface area (Å²) in [5, 5.41) is 5.81. The first-order valence-corrected chi connectivity index (χ1v) is 6.94. The van der Waals surface area contributed by atoms with E-state index in [0.717, 1.165) is 12.8 Å². The number of nitrogens with zero attached hydrogens (tertiary/aromatic N) is 1. The maximum atomic E-state index is 12.2. The zero-order valence-corrected chi connectivity index (χ0v) is 12.0. The first kappa shape index (κ1) is 14.5. The smallest absolute Gasteiger partial charge is 0.253 e. The molecule has 0 spiro atoms. The molecule has 1 aliphatic carbocycles. The first-order valence-electron chi connectivity index (χ1n) is 6.94. The highest BCUT2D eigenvalue weighted by Crippen LogP contribution is 2.33. The summed E-state index contributed by atoms with van der Waals surface area (Å²) in [5.74, 6) is 0.0900. The molecule has 0 unspecified atom stereocenters. The average Bonchev–Trinajstić information content (AvgIpc) is 3.30. The summed E-state index contributed by atoms with van der Waals surface area (Å²) >= 11 is 0. The van der Waals surface area contributed by atoms with Gasteiger partial charge in [0.05, 0.1) is 11.3 Å². The highest BCUT2D eigenvalue weighted by Gasteiger charge is 2.33. The van der Waals surface area contributed by atoms with Crippen LogP contribution >= 0.6 is 0 Å². The Morgan fingerprint density at radius 3 is 2.60 bits per heavy atom. The largest absolute Gasteiger partial charge is 0.351 e. The number of rotatable bonds is 6. The molecule has 108 valence electrons. The number of carbonyl (C=O) groups excluding carboxylic acids is 2. The van der Waals surface area contributed by atoms with Crippen molar-refractivity contribution in [3.05, 3.63) is 29.8 Å². The van der Waals surface area contributed by atoms with E-state index in [1.807, 2.05) is 25.2 Å². The Morgan fingerprint density at radius 2 is 1.95 bits per heavy atom. The van der Waals surface area contributed by atoms with Crippen molar-refractivity contribution in [2.24, 2.45) is 5.92 Å². The number of hydrogen-bond donors (Lipinski definition) is 2. The van der Waals surface area contributed by atoms with Crippen molar-refractivity contribution in [2.75, 3.05) is 32.1 Å². The maximum Gasteiger partial charge on any atom is 0.253 e. The molecule has 1 fully saturated rings. The molecule has 2 N–H and O–H groups in total. The minimum atomic E-state index is -0.147. The Kier molecular flexibility index (Phi) is 4.74. The summed E-state index contributed by atoms with van der Waals surface area (Å²) in [6.07, 6.45) is 1.92. The molecule has 0 saturated heterocycles. The van der Waals surface area contributed by atoms with Crippen molar-refractivity contribution in [3.63, 3.8) is 0 Å². The van der Waals surface area contributed by atoms with E-state index in [9.17, 15) is 9.59 Å². The standard InChI is InChI=1S/C15H21N3O2/c1-16-9-10-17-14(19)12-5-3-4-6-13(12)18(2)15(20)11-7-8-11/h3-6,11,16H,7-10H2,1-2H3,(H,17,19). The number of nitrogens with one attached hydrogen (secondary N) is 2. The van der Waals surface area contributed by atoms with Crippen molar-refractivity contribution in [1.29, 1.82) is 0 Å². The van der Waals surface area contributed by atoms with Gasteiger partial charge in [-0.25, -0.2) is 0 Å². The Bertz CT molecular complexity index is 498. The monoisotopic (exact) mass is 275 g/mol. The van der Waals surface area contributed by atoms with Crippen LogP contribution in [0.15, 0.2) is 24.3 Å². The third-order valence-corrected chi connectivity index (χ3v) is 3.43. The van der Waals surface area contributed by atoms with Gasteiger partial charge < -0.3 is 15.5 Å². The summed E-state index contributed by atoms with van der Waals surface area (Å²) in [6, 6.07) is 7.22. The molecule has 0 aromatic heterocycles. The number of benzene rings is 1. The molecule has 1 aromatic rings. The lowest BCUT2D eigenvalue weighted by Gasteiger charge is -2.20. The summed E-state index contributed by atoms with van der Waals surface area (Å²) in [6.45, 7) is 1.27. The van der Waals surface area contributed by atoms with Crippen molar-refractivity contribution < 1.29 is 9.59 Å². The molecule has 0 atom stereocenters. The maximum absolute atomic E-state index is 12.2. The number of carbonyl (C=O) groups is 2. The predicted molar refractivity (Wildman–Crippen MR) is 78.8 cm³/mol. The summed E-state index contributed by atoms with van der Waals surface area (Å²) < 4.78 is 0. The molecule has 1 aliphatic rings. The minimum Gasteiger partial charge on any atom is -0.351 e. The second kappa shape index (κ2) is 6.52. The van der Waals surface area contributed by atoms with Gasteiger partial charge in [-0.3, -0.25) is 9.59 Å². The van der Waals surface area contributed by atoms with Crippen LogP contribution in [0.1, 0.15) is 23.2 Å². The van der Waals surface area contributed by atoms with E-state index in [-0.39, 0.29) is 17.7 Å². The lowest BCUT2D eigenvalue weighted by molar-refractivity contribution is -0.119. The van der Waals surface area contributed by atoms with Crippen molar-refractivity contribution in [3.8, 4) is 0 Å². The van der Waals surface area contributed by atoms with Crippen molar-refractivity contribution >= 4 is 17.5 Å². The highest BCUT2D eigenvalue weighted by atomic mass is 16.2. The van der Waals surface area contributed by atoms with Gasteiger partial charge in [0.15, 0.2) is 0 Å². The number of anilines is 1. The number of hydrogen-bond acceptors (Lipinski definition) is 3. The lowest BCUT2D eigenvalue weighted by atomic mass is 10.1. The van der Waals surface area contributed by atoms with Gasteiger partial charge in [-0.05, 0) is 32.0 Å². The van der Waals surface area contributed by atoms with Gasteiger partial charge in [0, 0.05) is 26.1 Å². The summed E-state index contributed by atoms with van der Waals surface area (Å²) in [5.41, 5.74) is 1.21. The van der Waals surface area contributed by atoms with Crippen molar-refractivity contribution in [2.45, 2.75) is 12.8 Å². The molecule has 20 heavy (non-hydrogen) atoms. The normalized spacial score (nSPS) is 13.9. The molecule has 5 nitrogen and oxygen atoms in total. The predicted octanol–water partition coefficient (Wildman–Crippen LogP) is 1.01. The molecule has 0 heterocycles. The molecule has 1 saturated carbocycles. The average molecular weight is 275 g/mol. The van der Waals surface area contributed by atoms with Gasteiger partial charge in [-0.2, -0.15) is 0 Å². The molecule has 1 aromatic carbocycles. The van der Waals surface area contributed by atoms with E-state index in [0.29, 0.717) is 24.3 Å². The van der Waals surface area contributed by atoms with E-state index in [1.54, 1.807) is 18.0 Å². The van der Waals surface area contributed by atoms with Crippen LogP contribution < -0.4 is 15.5 Å². The van der Waals surface area contributed by atoms with E-state index in [1.165, 1.54) is 0 Å². The van der Waals surface area contributed by atoms with E-state index in [2.05, 4.69) is 10.6 Å². The number of para-hydroxylation sites is 1. The zero-order chi connectivity index (χ0) is 14.5. The highest BCUT2D eigenvalue weighted by molar-refractivity contribution is 6.05. The molecule has 5 heteroatoms. The van der Waals surface area contributed by atoms with Crippen LogP contribution in [0.2, 0.25) is 0 Å². The topological polar surface area (TPSA) is 61.4 Å². The molecular weight excluding hydrogens is 254 g/mol. The molecule has 2 rings (SSSR count). The van der Waals surface area contributed by atoms with E-state index in [4.69, 9.17) is 0 Å². The Hall–Kier alpha value is -1.88. The Balaban J connectivity index is 2.12. The van der Waals surface area contributed by atoms with Crippen LogP contribution in [0.5, 0.6) is 0 Å². The molecule has 0 bridgehead atoms. The second-order valence-electron chi connectivity index (χ2n) is 5.05. The van der Waals surface area contributed by atoms with Crippen LogP contribution in [0.3, 0.4) is 0 Å². The van der Waals surface area contributed by atoms with Gasteiger partial charge >= 0.3 is 0 Å². The van der Waals surface area contributed by atoms with Crippen LogP contribution in [0.4, 0.5) is 5.69 Å². The quantitative estimate of drug-likeness (QED) is 0.762.